The second-order valence-corrected chi connectivity index (χ2v) is 6.60. The first-order chi connectivity index (χ1) is 15.3. The van der Waals surface area contributed by atoms with Gasteiger partial charge in [-0.15, -0.1) is 0 Å². The van der Waals surface area contributed by atoms with Crippen LogP contribution >= 0.6 is 0 Å². The van der Waals surface area contributed by atoms with E-state index >= 15 is 0 Å². The summed E-state index contributed by atoms with van der Waals surface area (Å²) < 4.78 is 0. The van der Waals surface area contributed by atoms with E-state index in [0.717, 1.165) is 31.4 Å². The van der Waals surface area contributed by atoms with Gasteiger partial charge in [0.2, 0.25) is 0 Å². The molecule has 5 nitrogen and oxygen atoms in total. The van der Waals surface area contributed by atoms with Gasteiger partial charge in [0.25, 0.3) is 0 Å². The van der Waals surface area contributed by atoms with Crippen molar-refractivity contribution < 1.29 is 4.79 Å². The third kappa shape index (κ3) is 14.6. The van der Waals surface area contributed by atoms with E-state index in [-0.39, 0.29) is 18.4 Å². The Balaban J connectivity index is -0.000000127. The van der Waals surface area contributed by atoms with Gasteiger partial charge in [0.15, 0.2) is 0 Å². The maximum absolute atomic E-state index is 12.1. The normalized spacial score (nSPS) is 17.2. The summed E-state index contributed by atoms with van der Waals surface area (Å²) in [6.45, 7) is 39.3. The molecule has 0 bridgehead atoms. The van der Waals surface area contributed by atoms with Gasteiger partial charge >= 0.3 is 6.03 Å². The van der Waals surface area contributed by atoms with Gasteiger partial charge in [-0.1, -0.05) is 109 Å². The fraction of sp³-hybridized carbons (Fsp3) is 0.889. The Morgan fingerprint density at radius 1 is 0.750 bits per heavy atom. The van der Waals surface area contributed by atoms with Gasteiger partial charge < -0.3 is 20.0 Å². The fourth-order valence-electron chi connectivity index (χ4n) is 2.67. The molecule has 0 radical (unpaired) electrons. The molecule has 0 aromatic heterocycles. The minimum atomic E-state index is 0.0601. The molecule has 1 N–H and O–H groups in total. The van der Waals surface area contributed by atoms with Crippen molar-refractivity contribution in [3.05, 3.63) is 12.4 Å². The van der Waals surface area contributed by atoms with Crippen molar-refractivity contribution in [2.75, 3.05) is 19.6 Å². The number of nitrogens with zero attached hydrogens (tertiary/aromatic N) is 3. The van der Waals surface area contributed by atoms with E-state index in [0.29, 0.717) is 0 Å². The lowest BCUT2D eigenvalue weighted by atomic mass is 10.2. The fourth-order valence-corrected chi connectivity index (χ4v) is 2.67. The molecule has 0 aromatic rings. The Morgan fingerprint density at radius 3 is 1.31 bits per heavy atom. The topological polar surface area (TPSA) is 38.8 Å². The molecule has 2 aliphatic heterocycles. The number of rotatable bonds is 4. The maximum atomic E-state index is 12.1. The van der Waals surface area contributed by atoms with Crippen molar-refractivity contribution in [1.29, 1.82) is 0 Å². The number of fused-ring (bicyclic) bond motifs is 1. The summed E-state index contributed by atoms with van der Waals surface area (Å²) in [5.41, 5.74) is 0. The Bertz CT molecular complexity index is 384. The zero-order valence-corrected chi connectivity index (χ0v) is 25.2. The zero-order valence-electron chi connectivity index (χ0n) is 25.2. The van der Waals surface area contributed by atoms with E-state index < -0.39 is 0 Å². The molecule has 2 heterocycles. The van der Waals surface area contributed by atoms with Crippen LogP contribution in [0.1, 0.15) is 124 Å². The third-order valence-corrected chi connectivity index (χ3v) is 4.25. The Kier molecular flexibility index (Phi) is 37.9. The highest BCUT2D eigenvalue weighted by atomic mass is 16.2. The van der Waals surface area contributed by atoms with Gasteiger partial charge in [-0.05, 0) is 26.7 Å². The first-order valence-electron chi connectivity index (χ1n) is 13.6. The Hall–Kier alpha value is -1.39. The SMILES string of the molecule is C=C1NC2C(N1CC)N(CC)C(=O)N2CC.CC.CC.CC.CC.CCC.CCC(C)C. The summed E-state index contributed by atoms with van der Waals surface area (Å²) in [6.07, 6.45) is 2.72. The van der Waals surface area contributed by atoms with Crippen LogP contribution in [0.4, 0.5) is 4.79 Å². The minimum absolute atomic E-state index is 0.0601. The molecule has 2 aliphatic rings. The van der Waals surface area contributed by atoms with E-state index in [1.165, 1.54) is 12.8 Å². The van der Waals surface area contributed by atoms with Crippen molar-refractivity contribution in [3.8, 4) is 0 Å². The van der Waals surface area contributed by atoms with E-state index in [2.05, 4.69) is 58.3 Å². The van der Waals surface area contributed by atoms with E-state index in [1.54, 1.807) is 0 Å². The monoisotopic (exact) mass is 461 g/mol. The zero-order chi connectivity index (χ0) is 26.9. The number of carbonyl (C=O) groups is 1. The summed E-state index contributed by atoms with van der Waals surface area (Å²) in [5, 5.41) is 3.31. The molecule has 0 aliphatic carbocycles. The predicted octanol–water partition coefficient (Wildman–Crippen LogP) is 8.39. The van der Waals surface area contributed by atoms with Gasteiger partial charge in [0.1, 0.15) is 12.3 Å². The van der Waals surface area contributed by atoms with Crippen LogP contribution in [0.3, 0.4) is 0 Å². The van der Waals surface area contributed by atoms with Gasteiger partial charge in [-0.25, -0.2) is 4.79 Å². The summed E-state index contributed by atoms with van der Waals surface area (Å²) >= 11 is 0. The molecule has 2 atom stereocenters. The van der Waals surface area contributed by atoms with Gasteiger partial charge in [0.05, 0.1) is 5.82 Å². The standard InChI is InChI=1S/C11H20N4O.C5H12.C3H8.4C2H6/c1-5-13-8(4)12-9-10(13)15(7-3)11(16)14(9)6-2;1-4-5(2)3;1-3-2;4*1-2/h9-10,12H,4-7H2,1-3H3;5H,4H2,1-3H3;3H2,1-2H3;4*1-2H3. The number of likely N-dealkylation sites (N-methyl/N-ethyl adjacent to an activating group) is 3. The van der Waals surface area contributed by atoms with E-state index in [9.17, 15) is 4.79 Å². The van der Waals surface area contributed by atoms with Crippen molar-refractivity contribution >= 4 is 6.03 Å². The average Bonchev–Trinajstić information content (AvgIpc) is 3.29. The molecule has 2 unspecified atom stereocenters. The molecule has 2 rings (SSSR count). The number of carbonyl (C=O) groups excluding carboxylic acids is 1. The van der Waals surface area contributed by atoms with Gasteiger partial charge in [0, 0.05) is 19.6 Å². The molecule has 0 aromatic carbocycles. The quantitative estimate of drug-likeness (QED) is 0.458. The van der Waals surface area contributed by atoms with E-state index in [1.807, 2.05) is 79.0 Å². The molecular weight excluding hydrogens is 396 g/mol. The molecule has 5 heteroatoms. The predicted molar refractivity (Wildman–Crippen MR) is 149 cm³/mol. The van der Waals surface area contributed by atoms with Crippen LogP contribution in [0.5, 0.6) is 0 Å². The highest BCUT2D eigenvalue weighted by Gasteiger charge is 2.51. The summed E-state index contributed by atoms with van der Waals surface area (Å²) in [7, 11) is 0. The number of hydrogen-bond donors (Lipinski definition) is 1. The van der Waals surface area contributed by atoms with Crippen LogP contribution in [0.2, 0.25) is 0 Å². The molecule has 198 valence electrons. The molecule has 2 saturated heterocycles. The summed E-state index contributed by atoms with van der Waals surface area (Å²) in [6, 6.07) is 0.124. The van der Waals surface area contributed by atoms with Crippen molar-refractivity contribution in [2.24, 2.45) is 5.92 Å². The number of amides is 2. The van der Waals surface area contributed by atoms with Crippen LogP contribution in [0.15, 0.2) is 12.4 Å². The lowest BCUT2D eigenvalue weighted by Crippen LogP contribution is -2.45. The maximum Gasteiger partial charge on any atom is 0.323 e. The van der Waals surface area contributed by atoms with Crippen LogP contribution in [-0.2, 0) is 0 Å². The largest absolute Gasteiger partial charge is 0.349 e. The molecule has 0 spiro atoms. The van der Waals surface area contributed by atoms with Gasteiger partial charge in [-0.3, -0.25) is 0 Å². The van der Waals surface area contributed by atoms with Crippen LogP contribution < -0.4 is 5.32 Å². The summed E-state index contributed by atoms with van der Waals surface area (Å²) in [5.74, 6) is 1.80. The van der Waals surface area contributed by atoms with Crippen molar-refractivity contribution in [3.63, 3.8) is 0 Å². The number of urea groups is 1. The third-order valence-electron chi connectivity index (χ3n) is 4.25. The van der Waals surface area contributed by atoms with Gasteiger partial charge in [-0.2, -0.15) is 0 Å². The molecule has 2 amide bonds. The minimum Gasteiger partial charge on any atom is -0.349 e. The second-order valence-electron chi connectivity index (χ2n) is 6.60. The summed E-state index contributed by atoms with van der Waals surface area (Å²) in [4.78, 5) is 18.0. The number of nitrogens with one attached hydrogen (secondary N) is 1. The average molecular weight is 461 g/mol. The van der Waals surface area contributed by atoms with Crippen LogP contribution in [-0.4, -0.2) is 52.7 Å². The first kappa shape index (κ1) is 40.9. The highest BCUT2D eigenvalue weighted by molar-refractivity contribution is 5.78. The highest BCUT2D eigenvalue weighted by Crippen LogP contribution is 2.30. The van der Waals surface area contributed by atoms with Crippen molar-refractivity contribution in [2.45, 2.75) is 136 Å². The molecule has 2 fully saturated rings. The molecule has 0 saturated carbocycles. The smallest absolute Gasteiger partial charge is 0.323 e. The lowest BCUT2D eigenvalue weighted by Gasteiger charge is -2.29. The van der Waals surface area contributed by atoms with Crippen molar-refractivity contribution in [1.82, 2.24) is 20.0 Å². The first-order valence-corrected chi connectivity index (χ1v) is 13.6. The van der Waals surface area contributed by atoms with Crippen LogP contribution in [0, 0.1) is 5.92 Å². The van der Waals surface area contributed by atoms with E-state index in [4.69, 9.17) is 0 Å². The Morgan fingerprint density at radius 2 is 1.06 bits per heavy atom. The molecular formula is C27H64N4O. The van der Waals surface area contributed by atoms with Crippen LogP contribution in [0.25, 0.3) is 0 Å². The number of hydrogen-bond acceptors (Lipinski definition) is 3. The lowest BCUT2D eigenvalue weighted by molar-refractivity contribution is 0.143. The molecule has 32 heavy (non-hydrogen) atoms. The Labute approximate surface area is 205 Å². The second kappa shape index (κ2) is 29.6.